The molecule has 15 heavy (non-hydrogen) atoms. The Kier molecular flexibility index (Phi) is 2.91. The Bertz CT molecular complexity index is 489. The molecule has 0 unspecified atom stereocenters. The quantitative estimate of drug-likeness (QED) is 0.670. The predicted molar refractivity (Wildman–Crippen MR) is 65.6 cm³/mol. The van der Waals surface area contributed by atoms with E-state index in [4.69, 9.17) is 0 Å². The van der Waals surface area contributed by atoms with Gasteiger partial charge in [-0.2, -0.15) is 0 Å². The van der Waals surface area contributed by atoms with Crippen LogP contribution in [0.3, 0.4) is 0 Å². The fraction of sp³-hybridized carbons (Fsp3) is 0.250. The van der Waals surface area contributed by atoms with Crippen LogP contribution in [0, 0.1) is 5.92 Å². The highest BCUT2D eigenvalue weighted by molar-refractivity contribution is 9.09. The molecule has 0 radical (unpaired) electrons. The lowest BCUT2D eigenvalue weighted by molar-refractivity contribution is 0.0944. The number of benzene rings is 1. The third kappa shape index (κ3) is 1.84. The van der Waals surface area contributed by atoms with Gasteiger partial charge in [-0.3, -0.25) is 4.79 Å². The zero-order chi connectivity index (χ0) is 10.8. The maximum atomic E-state index is 12.0. The van der Waals surface area contributed by atoms with E-state index in [0.717, 1.165) is 16.5 Å². The molecule has 78 valence electrons. The standard InChI is InChI=1S/C12H12BrNO/c1-8(6-13)12(15)10-7-14-11-5-3-2-4-9(10)11/h2-5,7-8,14H,6H2,1H3/t8-/m0/s1. The van der Waals surface area contributed by atoms with E-state index in [2.05, 4.69) is 20.9 Å². The van der Waals surface area contributed by atoms with E-state index in [9.17, 15) is 4.79 Å². The Morgan fingerprint density at radius 1 is 1.47 bits per heavy atom. The first-order valence-corrected chi connectivity index (χ1v) is 6.02. The number of fused-ring (bicyclic) bond motifs is 1. The summed E-state index contributed by atoms with van der Waals surface area (Å²) >= 11 is 3.33. The predicted octanol–water partition coefficient (Wildman–Crippen LogP) is 3.38. The second kappa shape index (κ2) is 4.19. The van der Waals surface area contributed by atoms with Gasteiger partial charge < -0.3 is 4.98 Å². The van der Waals surface area contributed by atoms with Crippen molar-refractivity contribution in [3.63, 3.8) is 0 Å². The summed E-state index contributed by atoms with van der Waals surface area (Å²) in [7, 11) is 0. The van der Waals surface area contributed by atoms with Gasteiger partial charge in [0.2, 0.25) is 0 Å². The number of halogens is 1. The Morgan fingerprint density at radius 2 is 2.20 bits per heavy atom. The van der Waals surface area contributed by atoms with Crippen molar-refractivity contribution in [3.8, 4) is 0 Å². The molecule has 0 spiro atoms. The number of para-hydroxylation sites is 1. The first kappa shape index (κ1) is 10.4. The second-order valence-electron chi connectivity index (χ2n) is 3.67. The Balaban J connectivity index is 2.48. The summed E-state index contributed by atoms with van der Waals surface area (Å²) in [6.45, 7) is 1.93. The summed E-state index contributed by atoms with van der Waals surface area (Å²) in [4.78, 5) is 15.1. The van der Waals surface area contributed by atoms with Gasteiger partial charge in [-0.15, -0.1) is 0 Å². The van der Waals surface area contributed by atoms with Crippen LogP contribution >= 0.6 is 15.9 Å². The monoisotopic (exact) mass is 265 g/mol. The maximum absolute atomic E-state index is 12.0. The Labute approximate surface area is 96.8 Å². The van der Waals surface area contributed by atoms with Crippen LogP contribution in [0.1, 0.15) is 17.3 Å². The van der Waals surface area contributed by atoms with E-state index in [1.807, 2.05) is 31.2 Å². The first-order valence-electron chi connectivity index (χ1n) is 4.90. The summed E-state index contributed by atoms with van der Waals surface area (Å²) < 4.78 is 0. The molecule has 0 bridgehead atoms. The number of H-pyrrole nitrogens is 1. The smallest absolute Gasteiger partial charge is 0.168 e. The molecule has 0 saturated heterocycles. The normalized spacial score (nSPS) is 12.9. The van der Waals surface area contributed by atoms with Gasteiger partial charge >= 0.3 is 0 Å². The van der Waals surface area contributed by atoms with E-state index in [1.165, 1.54) is 0 Å². The molecule has 1 aromatic carbocycles. The van der Waals surface area contributed by atoms with Crippen molar-refractivity contribution in [2.24, 2.45) is 5.92 Å². The number of rotatable bonds is 3. The van der Waals surface area contributed by atoms with Crippen molar-refractivity contribution in [1.82, 2.24) is 4.98 Å². The van der Waals surface area contributed by atoms with Gasteiger partial charge in [0.25, 0.3) is 0 Å². The van der Waals surface area contributed by atoms with Gasteiger partial charge in [0, 0.05) is 33.9 Å². The minimum atomic E-state index is 0.0178. The number of aromatic nitrogens is 1. The van der Waals surface area contributed by atoms with Crippen LogP contribution in [0.2, 0.25) is 0 Å². The van der Waals surface area contributed by atoms with E-state index in [0.29, 0.717) is 5.33 Å². The maximum Gasteiger partial charge on any atom is 0.168 e. The number of hydrogen-bond acceptors (Lipinski definition) is 1. The lowest BCUT2D eigenvalue weighted by atomic mass is 10.0. The SMILES string of the molecule is C[C@@H](CBr)C(=O)c1c[nH]c2ccccc12. The molecule has 0 aliphatic carbocycles. The van der Waals surface area contributed by atoms with Crippen molar-refractivity contribution >= 4 is 32.6 Å². The van der Waals surface area contributed by atoms with Crippen molar-refractivity contribution in [2.75, 3.05) is 5.33 Å². The number of alkyl halides is 1. The summed E-state index contributed by atoms with van der Waals surface area (Å²) in [5.41, 5.74) is 1.81. The van der Waals surface area contributed by atoms with Gasteiger partial charge in [-0.05, 0) is 6.07 Å². The molecule has 0 aliphatic heterocycles. The molecule has 0 saturated carbocycles. The fourth-order valence-electron chi connectivity index (χ4n) is 1.61. The molecule has 2 rings (SSSR count). The minimum absolute atomic E-state index is 0.0178. The van der Waals surface area contributed by atoms with Crippen LogP contribution < -0.4 is 0 Å². The van der Waals surface area contributed by atoms with Crippen molar-refractivity contribution in [3.05, 3.63) is 36.0 Å². The molecule has 1 aromatic heterocycles. The number of Topliss-reactive ketones (excluding diaryl/α,β-unsaturated/α-hetero) is 1. The fourth-order valence-corrected chi connectivity index (χ4v) is 1.90. The Morgan fingerprint density at radius 3 is 2.93 bits per heavy atom. The van der Waals surface area contributed by atoms with Crippen LogP contribution in [0.25, 0.3) is 10.9 Å². The van der Waals surface area contributed by atoms with Crippen LogP contribution in [0.4, 0.5) is 0 Å². The number of carbonyl (C=O) groups excluding carboxylic acids is 1. The average Bonchev–Trinajstić information content (AvgIpc) is 2.70. The highest BCUT2D eigenvalue weighted by atomic mass is 79.9. The molecule has 3 heteroatoms. The summed E-state index contributed by atoms with van der Waals surface area (Å²) in [6.07, 6.45) is 1.80. The van der Waals surface area contributed by atoms with E-state index >= 15 is 0 Å². The molecular weight excluding hydrogens is 254 g/mol. The number of hydrogen-bond donors (Lipinski definition) is 1. The molecule has 1 atom stereocenters. The molecule has 0 fully saturated rings. The highest BCUT2D eigenvalue weighted by Crippen LogP contribution is 2.21. The zero-order valence-electron chi connectivity index (χ0n) is 8.46. The molecule has 2 aromatic rings. The number of carbonyl (C=O) groups is 1. The molecule has 0 aliphatic rings. The second-order valence-corrected chi connectivity index (χ2v) is 4.32. The minimum Gasteiger partial charge on any atom is -0.360 e. The van der Waals surface area contributed by atoms with Crippen LogP contribution in [0.15, 0.2) is 30.5 Å². The van der Waals surface area contributed by atoms with Crippen LogP contribution in [-0.2, 0) is 0 Å². The largest absolute Gasteiger partial charge is 0.360 e. The summed E-state index contributed by atoms with van der Waals surface area (Å²) in [5.74, 6) is 0.202. The van der Waals surface area contributed by atoms with E-state index in [-0.39, 0.29) is 11.7 Å². The molecule has 1 N–H and O–H groups in total. The molecule has 0 amide bonds. The summed E-state index contributed by atoms with van der Waals surface area (Å²) in [5, 5.41) is 1.71. The third-order valence-corrected chi connectivity index (χ3v) is 3.50. The van der Waals surface area contributed by atoms with E-state index < -0.39 is 0 Å². The molecule has 1 heterocycles. The van der Waals surface area contributed by atoms with Gasteiger partial charge in [0.1, 0.15) is 0 Å². The van der Waals surface area contributed by atoms with Gasteiger partial charge in [0.05, 0.1) is 0 Å². The third-order valence-electron chi connectivity index (χ3n) is 2.53. The lowest BCUT2D eigenvalue weighted by Gasteiger charge is -2.04. The molecule has 2 nitrogen and oxygen atoms in total. The van der Waals surface area contributed by atoms with Gasteiger partial charge in [-0.25, -0.2) is 0 Å². The Hall–Kier alpha value is -1.09. The zero-order valence-corrected chi connectivity index (χ0v) is 10.0. The topological polar surface area (TPSA) is 32.9 Å². The van der Waals surface area contributed by atoms with E-state index in [1.54, 1.807) is 6.20 Å². The highest BCUT2D eigenvalue weighted by Gasteiger charge is 2.17. The van der Waals surface area contributed by atoms with Crippen molar-refractivity contribution in [2.45, 2.75) is 6.92 Å². The molecular formula is C12H12BrNO. The number of nitrogens with one attached hydrogen (secondary N) is 1. The number of ketones is 1. The summed E-state index contributed by atoms with van der Waals surface area (Å²) in [6, 6.07) is 7.86. The van der Waals surface area contributed by atoms with Gasteiger partial charge in [-0.1, -0.05) is 41.1 Å². The lowest BCUT2D eigenvalue weighted by Crippen LogP contribution is -2.11. The number of aromatic amines is 1. The van der Waals surface area contributed by atoms with Crippen molar-refractivity contribution in [1.29, 1.82) is 0 Å². The van der Waals surface area contributed by atoms with Gasteiger partial charge in [0.15, 0.2) is 5.78 Å². The first-order chi connectivity index (χ1) is 7.24. The van der Waals surface area contributed by atoms with Crippen molar-refractivity contribution < 1.29 is 4.79 Å². The van der Waals surface area contributed by atoms with Crippen LogP contribution in [0.5, 0.6) is 0 Å². The average molecular weight is 266 g/mol. The van der Waals surface area contributed by atoms with Crippen LogP contribution in [-0.4, -0.2) is 16.1 Å².